The normalized spacial score (nSPS) is 9.72. The van der Waals surface area contributed by atoms with Gasteiger partial charge in [0.15, 0.2) is 0 Å². The number of rotatable bonds is 3. The van der Waals surface area contributed by atoms with Gasteiger partial charge in [-0.25, -0.2) is 9.97 Å². The first-order valence-electron chi connectivity index (χ1n) is 5.37. The Morgan fingerprint density at radius 2 is 1.94 bits per heavy atom. The van der Waals surface area contributed by atoms with Crippen molar-refractivity contribution < 1.29 is 0 Å². The van der Waals surface area contributed by atoms with Gasteiger partial charge in [0.1, 0.15) is 0 Å². The van der Waals surface area contributed by atoms with Crippen molar-refractivity contribution in [1.29, 1.82) is 0 Å². The monoisotopic (exact) mass is 265 g/mol. The number of halogens is 1. The number of anilines is 1. The van der Waals surface area contributed by atoms with Gasteiger partial charge in [-0.05, 0) is 18.2 Å². The predicted molar refractivity (Wildman–Crippen MR) is 74.7 cm³/mol. The van der Waals surface area contributed by atoms with Crippen molar-refractivity contribution in [2.24, 2.45) is 5.73 Å². The Labute approximate surface area is 112 Å². The van der Waals surface area contributed by atoms with Crippen molar-refractivity contribution in [3.63, 3.8) is 0 Å². The molecule has 0 amide bonds. The Bertz CT molecular complexity index is 501. The smallest absolute Gasteiger partial charge is 0.225 e. The van der Waals surface area contributed by atoms with E-state index in [9.17, 15) is 0 Å². The van der Waals surface area contributed by atoms with E-state index in [1.807, 2.05) is 43.3 Å². The van der Waals surface area contributed by atoms with Crippen molar-refractivity contribution in [3.05, 3.63) is 36.2 Å². The minimum atomic E-state index is 0. The maximum absolute atomic E-state index is 5.64. The zero-order chi connectivity index (χ0) is 12.3. The first kappa shape index (κ1) is 14.3. The molecule has 0 radical (unpaired) electrons. The third kappa shape index (κ3) is 3.15. The largest absolute Gasteiger partial charge is 0.347 e. The lowest BCUT2D eigenvalue weighted by Gasteiger charge is -2.12. The Balaban J connectivity index is 0.00000162. The molecular weight excluding hydrogens is 250 g/mol. The number of nitrogens with zero attached hydrogens (tertiary/aromatic N) is 4. The van der Waals surface area contributed by atoms with Crippen LogP contribution in [0.4, 0.5) is 5.95 Å². The van der Waals surface area contributed by atoms with Gasteiger partial charge in [0.25, 0.3) is 0 Å². The number of aromatic nitrogens is 3. The highest BCUT2D eigenvalue weighted by Gasteiger charge is 2.07. The fourth-order valence-corrected chi connectivity index (χ4v) is 1.43. The molecule has 2 aromatic heterocycles. The highest BCUT2D eigenvalue weighted by atomic mass is 35.5. The number of pyridine rings is 1. The van der Waals surface area contributed by atoms with E-state index in [1.165, 1.54) is 0 Å². The first-order chi connectivity index (χ1) is 8.20. The third-order valence-electron chi connectivity index (χ3n) is 2.30. The van der Waals surface area contributed by atoms with Crippen molar-refractivity contribution in [1.82, 2.24) is 15.0 Å². The highest BCUT2D eigenvalue weighted by molar-refractivity contribution is 5.85. The van der Waals surface area contributed by atoms with Gasteiger partial charge in [0.05, 0.1) is 17.1 Å². The minimum absolute atomic E-state index is 0. The van der Waals surface area contributed by atoms with E-state index < -0.39 is 0 Å². The van der Waals surface area contributed by atoms with E-state index in [-0.39, 0.29) is 12.4 Å². The predicted octanol–water partition coefficient (Wildman–Crippen LogP) is 1.49. The summed E-state index contributed by atoms with van der Waals surface area (Å²) in [6, 6.07) is 7.60. The maximum atomic E-state index is 5.64. The molecule has 6 heteroatoms. The summed E-state index contributed by atoms with van der Waals surface area (Å²) >= 11 is 0. The van der Waals surface area contributed by atoms with Crippen LogP contribution in [-0.2, 0) is 6.54 Å². The average molecular weight is 266 g/mol. The van der Waals surface area contributed by atoms with Crippen molar-refractivity contribution in [2.45, 2.75) is 6.54 Å². The van der Waals surface area contributed by atoms with Gasteiger partial charge >= 0.3 is 0 Å². The molecule has 0 aliphatic carbocycles. The zero-order valence-electron chi connectivity index (χ0n) is 10.4. The lowest BCUT2D eigenvalue weighted by molar-refractivity contribution is 0.923. The maximum Gasteiger partial charge on any atom is 0.225 e. The van der Waals surface area contributed by atoms with Crippen molar-refractivity contribution in [2.75, 3.05) is 19.0 Å². The molecule has 18 heavy (non-hydrogen) atoms. The van der Waals surface area contributed by atoms with Gasteiger partial charge in [0.2, 0.25) is 5.95 Å². The molecule has 0 spiro atoms. The van der Waals surface area contributed by atoms with Gasteiger partial charge in [-0.15, -0.1) is 12.4 Å². The Hall–Kier alpha value is -1.72. The van der Waals surface area contributed by atoms with Crippen LogP contribution in [0.5, 0.6) is 0 Å². The number of hydrogen-bond acceptors (Lipinski definition) is 5. The molecule has 0 saturated heterocycles. The van der Waals surface area contributed by atoms with Gasteiger partial charge in [-0.3, -0.25) is 4.98 Å². The Morgan fingerprint density at radius 3 is 2.50 bits per heavy atom. The van der Waals surface area contributed by atoms with E-state index in [1.54, 1.807) is 6.20 Å². The lowest BCUT2D eigenvalue weighted by Crippen LogP contribution is -2.15. The Morgan fingerprint density at radius 1 is 1.17 bits per heavy atom. The van der Waals surface area contributed by atoms with Gasteiger partial charge in [-0.1, -0.05) is 6.07 Å². The summed E-state index contributed by atoms with van der Waals surface area (Å²) < 4.78 is 0. The van der Waals surface area contributed by atoms with Crippen molar-refractivity contribution >= 4 is 18.4 Å². The molecule has 0 fully saturated rings. The second kappa shape index (κ2) is 6.28. The first-order valence-corrected chi connectivity index (χ1v) is 5.37. The van der Waals surface area contributed by atoms with Crippen LogP contribution in [0.15, 0.2) is 30.5 Å². The second-order valence-corrected chi connectivity index (χ2v) is 3.86. The summed E-state index contributed by atoms with van der Waals surface area (Å²) in [5, 5.41) is 0. The summed E-state index contributed by atoms with van der Waals surface area (Å²) in [4.78, 5) is 14.9. The van der Waals surface area contributed by atoms with Crippen LogP contribution in [0.2, 0.25) is 0 Å². The molecule has 0 bridgehead atoms. The molecule has 96 valence electrons. The summed E-state index contributed by atoms with van der Waals surface area (Å²) in [6.45, 7) is 0.392. The van der Waals surface area contributed by atoms with Gasteiger partial charge < -0.3 is 10.6 Å². The molecule has 2 heterocycles. The molecule has 2 N–H and O–H groups in total. The zero-order valence-corrected chi connectivity index (χ0v) is 11.2. The number of nitrogens with two attached hydrogens (primary N) is 1. The van der Waals surface area contributed by atoms with E-state index in [2.05, 4.69) is 15.0 Å². The third-order valence-corrected chi connectivity index (χ3v) is 2.30. The molecule has 0 saturated carbocycles. The quantitative estimate of drug-likeness (QED) is 0.911. The summed E-state index contributed by atoms with van der Waals surface area (Å²) in [5.74, 6) is 0.647. The van der Waals surface area contributed by atoms with Crippen molar-refractivity contribution in [3.8, 4) is 11.4 Å². The van der Waals surface area contributed by atoms with Crippen LogP contribution in [0.3, 0.4) is 0 Å². The number of hydrogen-bond donors (Lipinski definition) is 1. The van der Waals surface area contributed by atoms with Crippen LogP contribution in [0.25, 0.3) is 11.4 Å². The fraction of sp³-hybridized carbons (Fsp3) is 0.250. The summed E-state index contributed by atoms with van der Waals surface area (Å²) in [7, 11) is 3.80. The molecule has 2 rings (SSSR count). The molecule has 0 aliphatic rings. The molecule has 0 aromatic carbocycles. The summed E-state index contributed by atoms with van der Waals surface area (Å²) in [6.07, 6.45) is 1.74. The molecule has 0 atom stereocenters. The molecule has 0 aliphatic heterocycles. The van der Waals surface area contributed by atoms with E-state index in [0.717, 1.165) is 17.1 Å². The molecule has 2 aromatic rings. The average Bonchev–Trinajstić information content (AvgIpc) is 2.39. The fourth-order valence-electron chi connectivity index (χ4n) is 1.43. The van der Waals surface area contributed by atoms with E-state index in [4.69, 9.17) is 5.73 Å². The Kier molecular flexibility index (Phi) is 5.00. The summed E-state index contributed by atoms with van der Waals surface area (Å²) in [5.41, 5.74) is 8.07. The topological polar surface area (TPSA) is 67.9 Å². The highest BCUT2D eigenvalue weighted by Crippen LogP contribution is 2.17. The van der Waals surface area contributed by atoms with E-state index in [0.29, 0.717) is 12.5 Å². The second-order valence-electron chi connectivity index (χ2n) is 3.86. The van der Waals surface area contributed by atoms with Gasteiger partial charge in [0, 0.05) is 26.8 Å². The standard InChI is InChI=1S/C12H15N5.ClH/c1-17(2)12-15-9(8-13)7-11(16-12)10-5-3-4-6-14-10;/h3-7H,8,13H2,1-2H3;1H. The van der Waals surface area contributed by atoms with Crippen LogP contribution in [-0.4, -0.2) is 29.0 Å². The lowest BCUT2D eigenvalue weighted by atomic mass is 10.2. The SMILES string of the molecule is CN(C)c1nc(CN)cc(-c2ccccn2)n1.Cl. The molecular formula is C12H16ClN5. The van der Waals surface area contributed by atoms with Crippen LogP contribution < -0.4 is 10.6 Å². The van der Waals surface area contributed by atoms with Crippen LogP contribution in [0.1, 0.15) is 5.69 Å². The van der Waals surface area contributed by atoms with E-state index >= 15 is 0 Å². The molecule has 0 unspecified atom stereocenters. The van der Waals surface area contributed by atoms with Crippen LogP contribution in [0, 0.1) is 0 Å². The molecule has 5 nitrogen and oxygen atoms in total. The van der Waals surface area contributed by atoms with Gasteiger partial charge in [-0.2, -0.15) is 0 Å². The minimum Gasteiger partial charge on any atom is -0.347 e. The van der Waals surface area contributed by atoms with Crippen LogP contribution >= 0.6 is 12.4 Å².